The number of ether oxygens (including phenoxy) is 2. The number of para-hydroxylation sites is 1. The SMILES string of the molecule is COc1cccc(CNCC(=O)N[C@@H](CCCN=C(N)N)C(=O)O)c1OC. The van der Waals surface area contributed by atoms with Crippen molar-refractivity contribution >= 4 is 17.8 Å². The van der Waals surface area contributed by atoms with Gasteiger partial charge in [-0.2, -0.15) is 0 Å². The molecule has 0 bridgehead atoms. The molecule has 27 heavy (non-hydrogen) atoms. The molecule has 0 aliphatic rings. The summed E-state index contributed by atoms with van der Waals surface area (Å²) < 4.78 is 10.5. The second-order valence-corrected chi connectivity index (χ2v) is 5.66. The number of rotatable bonds is 12. The zero-order chi connectivity index (χ0) is 20.2. The third-order valence-electron chi connectivity index (χ3n) is 3.66. The Balaban J connectivity index is 2.49. The number of nitrogens with zero attached hydrogens (tertiary/aromatic N) is 1. The van der Waals surface area contributed by atoms with Crippen LogP contribution in [-0.4, -0.2) is 56.3 Å². The van der Waals surface area contributed by atoms with Gasteiger partial charge in [0.15, 0.2) is 17.5 Å². The normalized spacial score (nSPS) is 11.3. The average molecular weight is 381 g/mol. The first-order valence-corrected chi connectivity index (χ1v) is 8.37. The maximum Gasteiger partial charge on any atom is 0.326 e. The van der Waals surface area contributed by atoms with Gasteiger partial charge in [0.05, 0.1) is 20.8 Å². The Morgan fingerprint density at radius 3 is 2.59 bits per heavy atom. The number of nitrogens with one attached hydrogen (secondary N) is 2. The van der Waals surface area contributed by atoms with E-state index < -0.39 is 17.9 Å². The quantitative estimate of drug-likeness (QED) is 0.182. The topological polar surface area (TPSA) is 161 Å². The van der Waals surface area contributed by atoms with Gasteiger partial charge in [0.25, 0.3) is 0 Å². The summed E-state index contributed by atoms with van der Waals surface area (Å²) in [7, 11) is 3.08. The van der Waals surface area contributed by atoms with Gasteiger partial charge in [0.1, 0.15) is 6.04 Å². The highest BCUT2D eigenvalue weighted by Crippen LogP contribution is 2.30. The zero-order valence-corrected chi connectivity index (χ0v) is 15.5. The summed E-state index contributed by atoms with van der Waals surface area (Å²) in [5.74, 6) is -0.416. The molecule has 0 heterocycles. The number of benzene rings is 1. The average Bonchev–Trinajstić information content (AvgIpc) is 2.63. The van der Waals surface area contributed by atoms with Crippen LogP contribution in [0.5, 0.6) is 11.5 Å². The molecule has 1 amide bonds. The van der Waals surface area contributed by atoms with Crippen LogP contribution < -0.4 is 31.6 Å². The van der Waals surface area contributed by atoms with E-state index in [4.69, 9.17) is 20.9 Å². The highest BCUT2D eigenvalue weighted by Gasteiger charge is 2.19. The van der Waals surface area contributed by atoms with E-state index in [-0.39, 0.29) is 18.9 Å². The minimum absolute atomic E-state index is 0.0436. The van der Waals surface area contributed by atoms with Crippen molar-refractivity contribution < 1.29 is 24.2 Å². The van der Waals surface area contributed by atoms with Gasteiger partial charge in [-0.3, -0.25) is 9.79 Å². The number of nitrogens with two attached hydrogens (primary N) is 2. The maximum atomic E-state index is 12.0. The lowest BCUT2D eigenvalue weighted by molar-refractivity contribution is -0.141. The minimum Gasteiger partial charge on any atom is -0.493 e. The first kappa shape index (κ1) is 22.0. The van der Waals surface area contributed by atoms with E-state index in [2.05, 4.69) is 15.6 Å². The Bertz CT molecular complexity index is 661. The van der Waals surface area contributed by atoms with Crippen molar-refractivity contribution in [3.8, 4) is 11.5 Å². The highest BCUT2D eigenvalue weighted by atomic mass is 16.5. The molecular formula is C17H27N5O5. The van der Waals surface area contributed by atoms with E-state index in [1.807, 2.05) is 12.1 Å². The lowest BCUT2D eigenvalue weighted by atomic mass is 10.1. The third-order valence-corrected chi connectivity index (χ3v) is 3.66. The summed E-state index contributed by atoms with van der Waals surface area (Å²) in [5.41, 5.74) is 11.2. The Hall–Kier alpha value is -3.01. The maximum absolute atomic E-state index is 12.0. The molecule has 0 aliphatic heterocycles. The van der Waals surface area contributed by atoms with Gasteiger partial charge in [0.2, 0.25) is 5.91 Å². The highest BCUT2D eigenvalue weighted by molar-refractivity contribution is 5.84. The van der Waals surface area contributed by atoms with Gasteiger partial charge in [-0.05, 0) is 18.9 Å². The van der Waals surface area contributed by atoms with E-state index in [9.17, 15) is 14.7 Å². The second-order valence-electron chi connectivity index (χ2n) is 5.66. The molecule has 10 heteroatoms. The Morgan fingerprint density at radius 1 is 1.26 bits per heavy atom. The standard InChI is InChI=1S/C17H27N5O5/c1-26-13-7-3-5-11(15(13)27-2)9-20-10-14(23)22-12(16(24)25)6-4-8-21-17(18)19/h3,5,7,12,20H,4,6,8-10H2,1-2H3,(H,22,23)(H,24,25)(H4,18,19,21)/t12-/m0/s1. The van der Waals surface area contributed by atoms with E-state index in [1.165, 1.54) is 7.11 Å². The molecule has 0 aromatic heterocycles. The molecule has 0 saturated carbocycles. The zero-order valence-electron chi connectivity index (χ0n) is 15.5. The molecule has 0 spiro atoms. The molecule has 150 valence electrons. The van der Waals surface area contributed by atoms with Crippen LogP contribution in [0.15, 0.2) is 23.2 Å². The molecule has 0 aliphatic carbocycles. The molecule has 10 nitrogen and oxygen atoms in total. The fourth-order valence-electron chi connectivity index (χ4n) is 2.41. The fraction of sp³-hybridized carbons (Fsp3) is 0.471. The molecule has 1 atom stereocenters. The molecule has 1 aromatic carbocycles. The van der Waals surface area contributed by atoms with Crippen LogP contribution in [0.3, 0.4) is 0 Å². The molecule has 0 saturated heterocycles. The summed E-state index contributed by atoms with van der Waals surface area (Å²) in [6.07, 6.45) is 0.658. The Morgan fingerprint density at radius 2 is 2.00 bits per heavy atom. The van der Waals surface area contributed by atoms with Crippen LogP contribution >= 0.6 is 0 Å². The lowest BCUT2D eigenvalue weighted by Crippen LogP contribution is -2.44. The third kappa shape index (κ3) is 7.82. The summed E-state index contributed by atoms with van der Waals surface area (Å²) in [6.45, 7) is 0.615. The number of carbonyl (C=O) groups excluding carboxylic acids is 1. The van der Waals surface area contributed by atoms with Gasteiger partial charge >= 0.3 is 5.97 Å². The summed E-state index contributed by atoms with van der Waals surface area (Å²) in [6, 6.07) is 4.43. The van der Waals surface area contributed by atoms with Crippen molar-refractivity contribution in [2.75, 3.05) is 27.3 Å². The number of methoxy groups -OCH3 is 2. The van der Waals surface area contributed by atoms with E-state index in [0.717, 1.165) is 5.56 Å². The Labute approximate surface area is 157 Å². The van der Waals surface area contributed by atoms with Gasteiger partial charge < -0.3 is 36.7 Å². The van der Waals surface area contributed by atoms with Crippen LogP contribution in [0.1, 0.15) is 18.4 Å². The lowest BCUT2D eigenvalue weighted by Gasteiger charge is -2.15. The number of carboxylic acids is 1. The largest absolute Gasteiger partial charge is 0.493 e. The Kier molecular flexibility index (Phi) is 9.45. The summed E-state index contributed by atoms with van der Waals surface area (Å²) >= 11 is 0. The summed E-state index contributed by atoms with van der Waals surface area (Å²) in [4.78, 5) is 27.0. The number of amides is 1. The smallest absolute Gasteiger partial charge is 0.326 e. The van der Waals surface area contributed by atoms with Crippen molar-refractivity contribution in [2.24, 2.45) is 16.5 Å². The molecule has 1 rings (SSSR count). The fourth-order valence-corrected chi connectivity index (χ4v) is 2.41. The minimum atomic E-state index is -1.11. The van der Waals surface area contributed by atoms with Crippen molar-refractivity contribution in [3.63, 3.8) is 0 Å². The van der Waals surface area contributed by atoms with Crippen molar-refractivity contribution in [2.45, 2.75) is 25.4 Å². The number of hydrogen-bond acceptors (Lipinski definition) is 6. The predicted molar refractivity (Wildman–Crippen MR) is 101 cm³/mol. The molecular weight excluding hydrogens is 354 g/mol. The summed E-state index contributed by atoms with van der Waals surface area (Å²) in [5, 5.41) is 14.6. The van der Waals surface area contributed by atoms with Gasteiger partial charge in [0, 0.05) is 18.7 Å². The van der Waals surface area contributed by atoms with Gasteiger partial charge in [-0.15, -0.1) is 0 Å². The van der Waals surface area contributed by atoms with Crippen molar-refractivity contribution in [1.82, 2.24) is 10.6 Å². The number of hydrogen-bond donors (Lipinski definition) is 5. The van der Waals surface area contributed by atoms with Gasteiger partial charge in [-0.25, -0.2) is 4.79 Å². The first-order valence-electron chi connectivity index (χ1n) is 8.37. The molecule has 1 aromatic rings. The molecule has 0 radical (unpaired) electrons. The monoisotopic (exact) mass is 381 g/mol. The van der Waals surface area contributed by atoms with Crippen LogP contribution in [0.4, 0.5) is 0 Å². The molecule has 0 unspecified atom stereocenters. The van der Waals surface area contributed by atoms with E-state index in [0.29, 0.717) is 31.0 Å². The molecule has 0 fully saturated rings. The van der Waals surface area contributed by atoms with Crippen molar-refractivity contribution in [3.05, 3.63) is 23.8 Å². The predicted octanol–water partition coefficient (Wildman–Crippen LogP) is -0.584. The number of carbonyl (C=O) groups is 2. The number of aliphatic imine (C=N–C) groups is 1. The van der Waals surface area contributed by atoms with Crippen LogP contribution in [-0.2, 0) is 16.1 Å². The van der Waals surface area contributed by atoms with E-state index in [1.54, 1.807) is 13.2 Å². The van der Waals surface area contributed by atoms with Crippen molar-refractivity contribution in [1.29, 1.82) is 0 Å². The van der Waals surface area contributed by atoms with Crippen LogP contribution in [0, 0.1) is 0 Å². The number of carboxylic acid groups (broad SMARTS) is 1. The number of guanidine groups is 1. The second kappa shape index (κ2) is 11.6. The van der Waals surface area contributed by atoms with Crippen LogP contribution in [0.2, 0.25) is 0 Å². The van der Waals surface area contributed by atoms with E-state index >= 15 is 0 Å². The molecule has 7 N–H and O–H groups in total. The van der Waals surface area contributed by atoms with Gasteiger partial charge in [-0.1, -0.05) is 12.1 Å². The first-order chi connectivity index (χ1) is 12.9. The van der Waals surface area contributed by atoms with Crippen LogP contribution in [0.25, 0.3) is 0 Å². The number of aliphatic carboxylic acids is 1.